The average molecular weight is 518 g/mol. The number of aromatic nitrogens is 4. The first kappa shape index (κ1) is 25.2. The molecule has 0 aliphatic heterocycles. The number of hydrogen-bond acceptors (Lipinski definition) is 7. The van der Waals surface area contributed by atoms with Gasteiger partial charge >= 0.3 is 0 Å². The smallest absolute Gasteiger partial charge is 0.224 e. The number of aliphatic hydroxyl groups excluding tert-OH is 1. The molecule has 2 aliphatic carbocycles. The molecule has 2 saturated carbocycles. The van der Waals surface area contributed by atoms with Gasteiger partial charge in [-0.2, -0.15) is 4.98 Å². The van der Waals surface area contributed by atoms with Crippen LogP contribution in [0.5, 0.6) is 0 Å². The summed E-state index contributed by atoms with van der Waals surface area (Å²) in [5.74, 6) is -3.06. The molecule has 12 heteroatoms. The Hall–Kier alpha value is -3.41. The van der Waals surface area contributed by atoms with Gasteiger partial charge in [-0.25, -0.2) is 23.1 Å². The van der Waals surface area contributed by atoms with E-state index in [2.05, 4.69) is 25.6 Å². The van der Waals surface area contributed by atoms with Gasteiger partial charge in [0.1, 0.15) is 17.0 Å². The van der Waals surface area contributed by atoms with E-state index >= 15 is 0 Å². The summed E-state index contributed by atoms with van der Waals surface area (Å²) in [5, 5.41) is 16.2. The van der Waals surface area contributed by atoms with Crippen LogP contribution in [0.25, 0.3) is 11.2 Å². The number of hydrogen-bond donors (Lipinski definition) is 4. The first-order valence-electron chi connectivity index (χ1n) is 12.6. The van der Waals surface area contributed by atoms with E-state index in [0.29, 0.717) is 61.3 Å². The van der Waals surface area contributed by atoms with Crippen molar-refractivity contribution in [2.75, 3.05) is 10.6 Å². The van der Waals surface area contributed by atoms with Crippen LogP contribution in [0.1, 0.15) is 57.9 Å². The molecule has 198 valence electrons. The molecule has 0 radical (unpaired) electrons. The van der Waals surface area contributed by atoms with Crippen molar-refractivity contribution in [3.05, 3.63) is 35.8 Å². The molecule has 1 amide bonds. The highest BCUT2D eigenvalue weighted by Gasteiger charge is 2.30. The van der Waals surface area contributed by atoms with E-state index in [4.69, 9.17) is 5.73 Å². The van der Waals surface area contributed by atoms with Crippen LogP contribution in [0.15, 0.2) is 18.3 Å². The topological polar surface area (TPSA) is 131 Å². The second-order valence-electron chi connectivity index (χ2n) is 10.2. The summed E-state index contributed by atoms with van der Waals surface area (Å²) < 4.78 is 44.1. The predicted octanol–water partition coefficient (Wildman–Crippen LogP) is 4.17. The number of rotatable bonds is 6. The number of imidazole rings is 1. The third kappa shape index (κ3) is 5.20. The minimum atomic E-state index is -1.09. The third-order valence-electron chi connectivity index (χ3n) is 7.63. The van der Waals surface area contributed by atoms with Crippen molar-refractivity contribution >= 4 is 34.7 Å². The van der Waals surface area contributed by atoms with E-state index in [-0.39, 0.29) is 35.8 Å². The van der Waals surface area contributed by atoms with Gasteiger partial charge in [-0.05, 0) is 50.9 Å². The van der Waals surface area contributed by atoms with Gasteiger partial charge in [0.05, 0.1) is 12.3 Å². The van der Waals surface area contributed by atoms with Crippen molar-refractivity contribution in [3.8, 4) is 0 Å². The summed E-state index contributed by atoms with van der Waals surface area (Å²) in [6.07, 6.45) is 5.74. The number of primary amides is 1. The number of benzene rings is 1. The first-order chi connectivity index (χ1) is 17.7. The molecular weight excluding hydrogens is 487 g/mol. The van der Waals surface area contributed by atoms with Crippen molar-refractivity contribution in [2.45, 2.75) is 70.1 Å². The zero-order valence-electron chi connectivity index (χ0n) is 20.4. The van der Waals surface area contributed by atoms with Gasteiger partial charge in [0.25, 0.3) is 0 Å². The average Bonchev–Trinajstić information content (AvgIpc) is 3.21. The van der Waals surface area contributed by atoms with Crippen LogP contribution < -0.4 is 16.4 Å². The van der Waals surface area contributed by atoms with Crippen LogP contribution in [-0.2, 0) is 4.79 Å². The van der Waals surface area contributed by atoms with Gasteiger partial charge in [-0.1, -0.05) is 6.92 Å². The Bertz CT molecular complexity index is 1290. The second kappa shape index (κ2) is 10.2. The molecule has 0 bridgehead atoms. The van der Waals surface area contributed by atoms with Crippen LogP contribution in [0, 0.1) is 29.3 Å². The molecule has 3 aromatic rings. The molecule has 1 unspecified atom stereocenters. The Morgan fingerprint density at radius 2 is 1.78 bits per heavy atom. The van der Waals surface area contributed by atoms with Crippen LogP contribution in [-0.4, -0.2) is 42.7 Å². The maximum absolute atomic E-state index is 14.5. The van der Waals surface area contributed by atoms with Gasteiger partial charge in [0.2, 0.25) is 17.8 Å². The summed E-state index contributed by atoms with van der Waals surface area (Å²) in [5.41, 5.74) is 5.83. The van der Waals surface area contributed by atoms with E-state index in [9.17, 15) is 23.1 Å². The lowest BCUT2D eigenvalue weighted by molar-refractivity contribution is -0.122. The van der Waals surface area contributed by atoms with Gasteiger partial charge in [-0.15, -0.1) is 0 Å². The summed E-state index contributed by atoms with van der Waals surface area (Å²) in [7, 11) is 0. The van der Waals surface area contributed by atoms with Crippen LogP contribution in [0.2, 0.25) is 0 Å². The van der Waals surface area contributed by atoms with Crippen LogP contribution in [0.3, 0.4) is 0 Å². The Morgan fingerprint density at radius 1 is 1.08 bits per heavy atom. The number of nitrogens with one attached hydrogen (secondary N) is 2. The van der Waals surface area contributed by atoms with Crippen molar-refractivity contribution in [1.29, 1.82) is 0 Å². The molecule has 5 N–H and O–H groups in total. The molecule has 0 saturated heterocycles. The molecular formula is C25H30F3N7O2. The van der Waals surface area contributed by atoms with Gasteiger partial charge in [0, 0.05) is 30.1 Å². The molecule has 1 aromatic carbocycles. The number of halogens is 3. The number of carbonyl (C=O) groups is 1. The predicted molar refractivity (Wildman–Crippen MR) is 132 cm³/mol. The summed E-state index contributed by atoms with van der Waals surface area (Å²) in [6, 6.07) is 1.02. The number of amides is 1. The molecule has 2 fully saturated rings. The zero-order chi connectivity index (χ0) is 26.3. The molecule has 0 spiro atoms. The highest BCUT2D eigenvalue weighted by Crippen LogP contribution is 2.37. The van der Waals surface area contributed by atoms with Crippen molar-refractivity contribution in [2.24, 2.45) is 17.6 Å². The molecule has 5 rings (SSSR count). The lowest BCUT2D eigenvalue weighted by Crippen LogP contribution is -2.35. The van der Waals surface area contributed by atoms with Gasteiger partial charge in [-0.3, -0.25) is 9.36 Å². The van der Waals surface area contributed by atoms with E-state index in [1.54, 1.807) is 4.57 Å². The Labute approximate surface area is 211 Å². The summed E-state index contributed by atoms with van der Waals surface area (Å²) >= 11 is 0. The fraction of sp³-hybridized carbons (Fsp3) is 0.520. The SMILES string of the molecule is C[C@@H]1CC[C@@H](Nc2ncc3nc(Nc4c(F)cc(F)cc4F)n(C4CCC(C(N)=O)CC4)c3n2)CC1O. The molecule has 9 nitrogen and oxygen atoms in total. The first-order valence-corrected chi connectivity index (χ1v) is 12.6. The molecule has 37 heavy (non-hydrogen) atoms. The Balaban J connectivity index is 1.50. The number of anilines is 3. The quantitative estimate of drug-likeness (QED) is 0.386. The fourth-order valence-corrected chi connectivity index (χ4v) is 5.40. The minimum Gasteiger partial charge on any atom is -0.393 e. The monoisotopic (exact) mass is 517 g/mol. The lowest BCUT2D eigenvalue weighted by atomic mass is 9.85. The van der Waals surface area contributed by atoms with E-state index in [0.717, 1.165) is 12.8 Å². The third-order valence-corrected chi connectivity index (χ3v) is 7.63. The van der Waals surface area contributed by atoms with E-state index < -0.39 is 29.2 Å². The van der Waals surface area contributed by atoms with Crippen molar-refractivity contribution in [1.82, 2.24) is 19.5 Å². The van der Waals surface area contributed by atoms with Crippen LogP contribution in [0.4, 0.5) is 30.8 Å². The maximum atomic E-state index is 14.5. The standard InChI is InChI=1S/C25H30F3N7O2/c1-12-2-5-15(10-20(12)36)31-24-30-11-19-23(34-24)35(16-6-3-13(4-7-16)22(29)37)25(32-19)33-21-17(27)8-14(26)9-18(21)28/h8-9,11-13,15-16,20,36H,2-7,10H2,1H3,(H2,29,37)(H,32,33)(H,30,31,34)/t12-,13?,15-,16?,20?/m1/s1. The number of fused-ring (bicyclic) bond motifs is 1. The second-order valence-corrected chi connectivity index (χ2v) is 10.2. The summed E-state index contributed by atoms with van der Waals surface area (Å²) in [6.45, 7) is 2.02. The normalized spacial score (nSPS) is 26.2. The largest absolute Gasteiger partial charge is 0.393 e. The van der Waals surface area contributed by atoms with Gasteiger partial charge in [0.15, 0.2) is 17.3 Å². The number of aliphatic hydroxyl groups is 1. The van der Waals surface area contributed by atoms with Crippen molar-refractivity contribution in [3.63, 3.8) is 0 Å². The number of nitrogens with zero attached hydrogens (tertiary/aromatic N) is 4. The molecule has 2 aromatic heterocycles. The molecule has 2 heterocycles. The minimum absolute atomic E-state index is 0.00558. The molecule has 3 atom stereocenters. The number of carbonyl (C=O) groups excluding carboxylic acids is 1. The number of nitrogens with two attached hydrogens (primary N) is 1. The van der Waals surface area contributed by atoms with Crippen molar-refractivity contribution < 1.29 is 23.1 Å². The Kier molecular flexibility index (Phi) is 6.93. The lowest BCUT2D eigenvalue weighted by Gasteiger charge is -2.31. The maximum Gasteiger partial charge on any atom is 0.224 e. The fourth-order valence-electron chi connectivity index (χ4n) is 5.40. The molecule has 2 aliphatic rings. The summed E-state index contributed by atoms with van der Waals surface area (Å²) in [4.78, 5) is 25.2. The van der Waals surface area contributed by atoms with Crippen LogP contribution >= 0.6 is 0 Å². The Morgan fingerprint density at radius 3 is 2.43 bits per heavy atom. The highest BCUT2D eigenvalue weighted by molar-refractivity contribution is 5.78. The highest BCUT2D eigenvalue weighted by atomic mass is 19.1. The van der Waals surface area contributed by atoms with E-state index in [1.807, 2.05) is 6.92 Å². The van der Waals surface area contributed by atoms with Gasteiger partial charge < -0.3 is 21.5 Å². The zero-order valence-corrected chi connectivity index (χ0v) is 20.4. The van der Waals surface area contributed by atoms with E-state index in [1.165, 1.54) is 6.20 Å².